The van der Waals surface area contributed by atoms with Gasteiger partial charge in [0, 0.05) is 11.0 Å². The molecule has 0 amide bonds. The zero-order valence-corrected chi connectivity index (χ0v) is 10.4. The zero-order chi connectivity index (χ0) is 11.5. The molecule has 5 heteroatoms. The molecule has 1 heterocycles. The maximum atomic E-state index is 5.74. The number of nitrogen functional groups attached to an aromatic ring is 1. The number of nitrogens with two attached hydrogens (primary N) is 1. The molecule has 0 aliphatic heterocycles. The molecule has 84 valence electrons. The highest BCUT2D eigenvalue weighted by atomic mass is 79.9. The summed E-state index contributed by atoms with van der Waals surface area (Å²) < 4.78 is 8.45. The Morgan fingerprint density at radius 1 is 1.38 bits per heavy atom. The first-order valence-corrected chi connectivity index (χ1v) is 5.74. The van der Waals surface area contributed by atoms with E-state index < -0.39 is 0 Å². The molecule has 0 bridgehead atoms. The van der Waals surface area contributed by atoms with E-state index in [1.54, 1.807) is 6.20 Å². The maximum absolute atomic E-state index is 5.74. The first kappa shape index (κ1) is 11.0. The number of aromatic nitrogens is 2. The molecule has 0 spiro atoms. The lowest BCUT2D eigenvalue weighted by Crippen LogP contribution is -2.02. The van der Waals surface area contributed by atoms with Crippen LogP contribution in [0.5, 0.6) is 11.8 Å². The molecule has 2 N–H and O–H groups in total. The van der Waals surface area contributed by atoms with Gasteiger partial charge in [0.2, 0.25) is 0 Å². The number of nitrogens with zero attached hydrogens (tertiary/aromatic N) is 2. The van der Waals surface area contributed by atoms with E-state index >= 15 is 0 Å². The normalized spacial score (nSPS) is 10.4. The topological polar surface area (TPSA) is 53.1 Å². The van der Waals surface area contributed by atoms with Crippen LogP contribution in [0.3, 0.4) is 0 Å². The Balaban J connectivity index is 2.23. The van der Waals surface area contributed by atoms with Crippen LogP contribution in [0.2, 0.25) is 0 Å². The Labute approximate surface area is 102 Å². The molecular formula is C11H12BrN3O. The van der Waals surface area contributed by atoms with E-state index in [9.17, 15) is 0 Å². The SMILES string of the molecule is CCn1c(N)cnc1Oc1ccc(Br)cc1. The Kier molecular flexibility index (Phi) is 3.14. The van der Waals surface area contributed by atoms with Crippen LogP contribution in [0.15, 0.2) is 34.9 Å². The molecule has 0 aliphatic carbocycles. The minimum Gasteiger partial charge on any atom is -0.425 e. The van der Waals surface area contributed by atoms with Gasteiger partial charge in [-0.15, -0.1) is 0 Å². The van der Waals surface area contributed by atoms with Gasteiger partial charge in [-0.05, 0) is 31.2 Å². The lowest BCUT2D eigenvalue weighted by Gasteiger charge is -2.07. The third kappa shape index (κ3) is 2.19. The summed E-state index contributed by atoms with van der Waals surface area (Å²) in [4.78, 5) is 4.11. The molecule has 2 rings (SSSR count). The highest BCUT2D eigenvalue weighted by Crippen LogP contribution is 2.23. The smallest absolute Gasteiger partial charge is 0.303 e. The fourth-order valence-corrected chi connectivity index (χ4v) is 1.64. The molecule has 1 aromatic carbocycles. The second-order valence-electron chi connectivity index (χ2n) is 3.27. The summed E-state index contributed by atoms with van der Waals surface area (Å²) in [6, 6.07) is 8.09. The quantitative estimate of drug-likeness (QED) is 0.941. The molecule has 0 fully saturated rings. The standard InChI is InChI=1S/C11H12BrN3O/c1-2-15-10(13)7-14-11(15)16-9-5-3-8(12)4-6-9/h3-7H,2,13H2,1H3. The van der Waals surface area contributed by atoms with E-state index in [2.05, 4.69) is 20.9 Å². The predicted molar refractivity (Wildman–Crippen MR) is 66.5 cm³/mol. The zero-order valence-electron chi connectivity index (χ0n) is 8.85. The lowest BCUT2D eigenvalue weighted by molar-refractivity contribution is 0.416. The fraction of sp³-hybridized carbons (Fsp3) is 0.182. The summed E-state index contributed by atoms with van der Waals surface area (Å²) in [5, 5.41) is 0. The van der Waals surface area contributed by atoms with Gasteiger partial charge in [-0.2, -0.15) is 0 Å². The number of anilines is 1. The number of halogens is 1. The number of hydrogen-bond donors (Lipinski definition) is 1. The molecule has 0 saturated heterocycles. The van der Waals surface area contributed by atoms with Gasteiger partial charge < -0.3 is 10.5 Å². The van der Waals surface area contributed by atoms with Crippen molar-refractivity contribution in [2.75, 3.05) is 5.73 Å². The molecule has 4 nitrogen and oxygen atoms in total. The fourth-order valence-electron chi connectivity index (χ4n) is 1.38. The third-order valence-electron chi connectivity index (χ3n) is 2.19. The Hall–Kier alpha value is -1.49. The Bertz CT molecular complexity index is 478. The van der Waals surface area contributed by atoms with Gasteiger partial charge in [0.15, 0.2) is 0 Å². The molecular weight excluding hydrogens is 270 g/mol. The summed E-state index contributed by atoms with van der Waals surface area (Å²) >= 11 is 3.37. The molecule has 2 aromatic rings. The summed E-state index contributed by atoms with van der Waals surface area (Å²) in [5.74, 6) is 1.35. The summed E-state index contributed by atoms with van der Waals surface area (Å²) in [6.45, 7) is 2.73. The van der Waals surface area contributed by atoms with Gasteiger partial charge in [-0.25, -0.2) is 4.98 Å². The first-order valence-electron chi connectivity index (χ1n) is 4.95. The van der Waals surface area contributed by atoms with Crippen molar-refractivity contribution in [2.24, 2.45) is 0 Å². The minimum atomic E-state index is 0.516. The van der Waals surface area contributed by atoms with Crippen LogP contribution in [0, 0.1) is 0 Å². The van der Waals surface area contributed by atoms with Crippen molar-refractivity contribution in [2.45, 2.75) is 13.5 Å². The Morgan fingerprint density at radius 2 is 2.06 bits per heavy atom. The Morgan fingerprint density at radius 3 is 2.69 bits per heavy atom. The molecule has 0 radical (unpaired) electrons. The number of benzene rings is 1. The van der Waals surface area contributed by atoms with E-state index in [0.29, 0.717) is 11.8 Å². The van der Waals surface area contributed by atoms with Crippen LogP contribution in [-0.2, 0) is 6.54 Å². The van der Waals surface area contributed by atoms with Crippen molar-refractivity contribution in [3.8, 4) is 11.8 Å². The number of imidazole rings is 1. The molecule has 1 aromatic heterocycles. The van der Waals surface area contributed by atoms with E-state index in [4.69, 9.17) is 10.5 Å². The van der Waals surface area contributed by atoms with Crippen LogP contribution in [0.1, 0.15) is 6.92 Å². The third-order valence-corrected chi connectivity index (χ3v) is 2.72. The molecule has 16 heavy (non-hydrogen) atoms. The van der Waals surface area contributed by atoms with Crippen LogP contribution < -0.4 is 10.5 Å². The molecule has 0 unspecified atom stereocenters. The number of hydrogen-bond acceptors (Lipinski definition) is 3. The average molecular weight is 282 g/mol. The van der Waals surface area contributed by atoms with E-state index in [1.807, 2.05) is 35.8 Å². The van der Waals surface area contributed by atoms with Crippen molar-refractivity contribution >= 4 is 21.7 Å². The van der Waals surface area contributed by atoms with Gasteiger partial charge in [0.05, 0.1) is 6.20 Å². The van der Waals surface area contributed by atoms with Gasteiger partial charge in [0.1, 0.15) is 11.6 Å². The van der Waals surface area contributed by atoms with Crippen LogP contribution in [0.4, 0.5) is 5.82 Å². The van der Waals surface area contributed by atoms with Crippen molar-refractivity contribution in [1.29, 1.82) is 0 Å². The highest BCUT2D eigenvalue weighted by Gasteiger charge is 2.07. The second-order valence-corrected chi connectivity index (χ2v) is 4.18. The van der Waals surface area contributed by atoms with Crippen molar-refractivity contribution in [3.05, 3.63) is 34.9 Å². The summed E-state index contributed by atoms with van der Waals surface area (Å²) in [5.41, 5.74) is 5.74. The van der Waals surface area contributed by atoms with Gasteiger partial charge in [-0.1, -0.05) is 15.9 Å². The number of rotatable bonds is 3. The van der Waals surface area contributed by atoms with Crippen molar-refractivity contribution in [1.82, 2.24) is 9.55 Å². The average Bonchev–Trinajstić information content (AvgIpc) is 2.63. The largest absolute Gasteiger partial charge is 0.425 e. The van der Waals surface area contributed by atoms with Crippen LogP contribution >= 0.6 is 15.9 Å². The van der Waals surface area contributed by atoms with E-state index in [0.717, 1.165) is 16.8 Å². The van der Waals surface area contributed by atoms with Gasteiger partial charge >= 0.3 is 6.01 Å². The van der Waals surface area contributed by atoms with E-state index in [-0.39, 0.29) is 0 Å². The molecule has 0 saturated carbocycles. The van der Waals surface area contributed by atoms with Crippen LogP contribution in [-0.4, -0.2) is 9.55 Å². The maximum Gasteiger partial charge on any atom is 0.303 e. The molecule has 0 aliphatic rings. The highest BCUT2D eigenvalue weighted by molar-refractivity contribution is 9.10. The predicted octanol–water partition coefficient (Wildman–Crippen LogP) is 3.04. The number of ether oxygens (including phenoxy) is 1. The summed E-state index contributed by atoms with van der Waals surface area (Å²) in [6.07, 6.45) is 1.59. The minimum absolute atomic E-state index is 0.516. The first-order chi connectivity index (χ1) is 7.70. The van der Waals surface area contributed by atoms with E-state index in [1.165, 1.54) is 0 Å². The lowest BCUT2D eigenvalue weighted by atomic mass is 10.3. The summed E-state index contributed by atoms with van der Waals surface area (Å²) in [7, 11) is 0. The molecule has 0 atom stereocenters. The van der Waals surface area contributed by atoms with Gasteiger partial charge in [0.25, 0.3) is 0 Å². The van der Waals surface area contributed by atoms with Crippen LogP contribution in [0.25, 0.3) is 0 Å². The monoisotopic (exact) mass is 281 g/mol. The second kappa shape index (κ2) is 4.57. The van der Waals surface area contributed by atoms with Gasteiger partial charge in [-0.3, -0.25) is 4.57 Å². The van der Waals surface area contributed by atoms with Crippen molar-refractivity contribution in [3.63, 3.8) is 0 Å². The van der Waals surface area contributed by atoms with Crippen molar-refractivity contribution < 1.29 is 4.74 Å².